The van der Waals surface area contributed by atoms with Gasteiger partial charge in [0.05, 0.1) is 11.6 Å². The third-order valence-electron chi connectivity index (χ3n) is 2.84. The summed E-state index contributed by atoms with van der Waals surface area (Å²) in [5.74, 6) is -0.311. The summed E-state index contributed by atoms with van der Waals surface area (Å²) in [7, 11) is 0. The second-order valence-corrected chi connectivity index (χ2v) is 4.25. The average molecular weight is 257 g/mol. The number of benzene rings is 1. The number of phenols is 1. The molecule has 0 saturated heterocycles. The van der Waals surface area contributed by atoms with Crippen LogP contribution in [0, 0.1) is 0 Å². The van der Waals surface area contributed by atoms with Crippen molar-refractivity contribution in [1.82, 2.24) is 10.3 Å². The van der Waals surface area contributed by atoms with Crippen molar-refractivity contribution in [3.8, 4) is 5.75 Å². The fourth-order valence-electron chi connectivity index (χ4n) is 1.75. The Hall–Kier alpha value is -2.56. The number of nitrogens with zero attached hydrogens (tertiary/aromatic N) is 1. The van der Waals surface area contributed by atoms with Crippen molar-refractivity contribution in [2.24, 2.45) is 0 Å². The Kier molecular flexibility index (Phi) is 3.66. The van der Waals surface area contributed by atoms with Gasteiger partial charge in [-0.2, -0.15) is 0 Å². The van der Waals surface area contributed by atoms with E-state index in [9.17, 15) is 9.90 Å². The summed E-state index contributed by atoms with van der Waals surface area (Å²) in [5.41, 5.74) is 7.26. The molecule has 5 nitrogen and oxygen atoms in total. The smallest absolute Gasteiger partial charge is 0.253 e. The van der Waals surface area contributed by atoms with Crippen molar-refractivity contribution >= 4 is 11.6 Å². The molecule has 0 radical (unpaired) electrons. The van der Waals surface area contributed by atoms with Crippen LogP contribution in [0.3, 0.4) is 0 Å². The molecular formula is C14H15N3O2. The van der Waals surface area contributed by atoms with E-state index in [1.807, 2.05) is 19.1 Å². The number of rotatable bonds is 3. The van der Waals surface area contributed by atoms with E-state index in [0.717, 1.165) is 5.56 Å². The number of nitrogen functional groups attached to an aromatic ring is 1. The van der Waals surface area contributed by atoms with Crippen LogP contribution in [-0.2, 0) is 0 Å². The number of carbonyl (C=O) groups excluding carboxylic acids is 1. The van der Waals surface area contributed by atoms with E-state index in [-0.39, 0.29) is 23.3 Å². The molecule has 0 spiro atoms. The predicted octanol–water partition coefficient (Wildman–Crippen LogP) is 1.86. The molecule has 0 saturated carbocycles. The average Bonchev–Trinajstić information content (AvgIpc) is 2.42. The van der Waals surface area contributed by atoms with Gasteiger partial charge in [-0.15, -0.1) is 0 Å². The normalized spacial score (nSPS) is 11.8. The first-order valence-electron chi connectivity index (χ1n) is 5.87. The quantitative estimate of drug-likeness (QED) is 0.578. The van der Waals surface area contributed by atoms with Gasteiger partial charge in [0, 0.05) is 18.1 Å². The number of amides is 1. The van der Waals surface area contributed by atoms with E-state index >= 15 is 0 Å². The first kappa shape index (κ1) is 12.9. The number of pyridine rings is 1. The van der Waals surface area contributed by atoms with E-state index in [1.165, 1.54) is 18.2 Å². The zero-order chi connectivity index (χ0) is 13.8. The second-order valence-electron chi connectivity index (χ2n) is 4.25. The number of aromatic nitrogens is 1. The Morgan fingerprint density at radius 3 is 2.68 bits per heavy atom. The molecule has 1 amide bonds. The zero-order valence-corrected chi connectivity index (χ0v) is 10.5. The fourth-order valence-corrected chi connectivity index (χ4v) is 1.75. The lowest BCUT2D eigenvalue weighted by molar-refractivity contribution is 0.0940. The van der Waals surface area contributed by atoms with Crippen molar-refractivity contribution < 1.29 is 9.90 Å². The van der Waals surface area contributed by atoms with Gasteiger partial charge < -0.3 is 16.2 Å². The van der Waals surface area contributed by atoms with Crippen LogP contribution in [-0.4, -0.2) is 16.0 Å². The summed E-state index contributed by atoms with van der Waals surface area (Å²) in [6.07, 6.45) is 3.33. The van der Waals surface area contributed by atoms with Crippen LogP contribution in [0.2, 0.25) is 0 Å². The van der Waals surface area contributed by atoms with Gasteiger partial charge in [-0.3, -0.25) is 9.78 Å². The van der Waals surface area contributed by atoms with Crippen LogP contribution in [0.1, 0.15) is 28.9 Å². The predicted molar refractivity (Wildman–Crippen MR) is 72.6 cm³/mol. The van der Waals surface area contributed by atoms with Crippen molar-refractivity contribution in [3.63, 3.8) is 0 Å². The second kappa shape index (κ2) is 5.39. The van der Waals surface area contributed by atoms with E-state index in [2.05, 4.69) is 10.3 Å². The van der Waals surface area contributed by atoms with Gasteiger partial charge in [0.1, 0.15) is 5.75 Å². The molecule has 0 aliphatic heterocycles. The van der Waals surface area contributed by atoms with Crippen molar-refractivity contribution in [3.05, 3.63) is 53.9 Å². The highest BCUT2D eigenvalue weighted by Gasteiger charge is 2.14. The van der Waals surface area contributed by atoms with Crippen LogP contribution in [0.5, 0.6) is 5.75 Å². The standard InChI is InChI=1S/C14H15N3O2/c1-9(10-4-6-16-7-5-10)17-14(19)12-8-11(18)2-3-13(12)15/h2-9,18H,15H2,1H3,(H,17,19). The van der Waals surface area contributed by atoms with Crippen molar-refractivity contribution in [1.29, 1.82) is 0 Å². The number of hydrogen-bond donors (Lipinski definition) is 3. The molecule has 0 aliphatic rings. The van der Waals surface area contributed by atoms with E-state index < -0.39 is 0 Å². The third kappa shape index (κ3) is 3.01. The largest absolute Gasteiger partial charge is 0.508 e. The van der Waals surface area contributed by atoms with Gasteiger partial charge in [0.25, 0.3) is 5.91 Å². The molecule has 1 atom stereocenters. The number of nitrogens with one attached hydrogen (secondary N) is 1. The maximum Gasteiger partial charge on any atom is 0.253 e. The SMILES string of the molecule is CC(NC(=O)c1cc(O)ccc1N)c1ccncc1. The summed E-state index contributed by atoms with van der Waals surface area (Å²) in [6.45, 7) is 1.87. The first-order chi connectivity index (χ1) is 9.08. The molecule has 1 unspecified atom stereocenters. The van der Waals surface area contributed by atoms with Gasteiger partial charge in [0.2, 0.25) is 0 Å². The minimum absolute atomic E-state index is 0.0101. The number of aromatic hydroxyl groups is 1. The molecule has 4 N–H and O–H groups in total. The molecule has 1 heterocycles. The Morgan fingerprint density at radius 2 is 2.00 bits per heavy atom. The Labute approximate surface area is 111 Å². The monoisotopic (exact) mass is 257 g/mol. The molecule has 0 aliphatic carbocycles. The van der Waals surface area contributed by atoms with Gasteiger partial charge >= 0.3 is 0 Å². The maximum atomic E-state index is 12.1. The summed E-state index contributed by atoms with van der Waals surface area (Å²) in [6, 6.07) is 7.79. The molecule has 2 aromatic rings. The van der Waals surface area contributed by atoms with Crippen molar-refractivity contribution in [2.75, 3.05) is 5.73 Å². The molecule has 2 rings (SSSR count). The minimum Gasteiger partial charge on any atom is -0.508 e. The van der Waals surface area contributed by atoms with Gasteiger partial charge in [-0.25, -0.2) is 0 Å². The minimum atomic E-state index is -0.322. The number of carbonyl (C=O) groups is 1. The van der Waals surface area contributed by atoms with Crippen LogP contribution in [0.15, 0.2) is 42.7 Å². The zero-order valence-electron chi connectivity index (χ0n) is 10.5. The van der Waals surface area contributed by atoms with Crippen LogP contribution in [0.25, 0.3) is 0 Å². The number of anilines is 1. The maximum absolute atomic E-state index is 12.1. The molecule has 0 bridgehead atoms. The highest BCUT2D eigenvalue weighted by Crippen LogP contribution is 2.19. The van der Waals surface area contributed by atoms with Crippen molar-refractivity contribution in [2.45, 2.75) is 13.0 Å². The lowest BCUT2D eigenvalue weighted by Gasteiger charge is -2.15. The number of nitrogens with two attached hydrogens (primary N) is 1. The van der Waals surface area contributed by atoms with Gasteiger partial charge in [0.15, 0.2) is 0 Å². The van der Waals surface area contributed by atoms with Crippen LogP contribution < -0.4 is 11.1 Å². The highest BCUT2D eigenvalue weighted by atomic mass is 16.3. The van der Waals surface area contributed by atoms with E-state index in [4.69, 9.17) is 5.73 Å². The molecule has 19 heavy (non-hydrogen) atoms. The molecule has 0 fully saturated rings. The van der Waals surface area contributed by atoms with E-state index in [1.54, 1.807) is 12.4 Å². The van der Waals surface area contributed by atoms with Crippen LogP contribution in [0.4, 0.5) is 5.69 Å². The molecular weight excluding hydrogens is 242 g/mol. The molecule has 1 aromatic heterocycles. The lowest BCUT2D eigenvalue weighted by atomic mass is 10.1. The van der Waals surface area contributed by atoms with Gasteiger partial charge in [-0.05, 0) is 42.8 Å². The fraction of sp³-hybridized carbons (Fsp3) is 0.143. The van der Waals surface area contributed by atoms with Gasteiger partial charge in [-0.1, -0.05) is 0 Å². The number of phenolic OH excluding ortho intramolecular Hbond substituents is 1. The molecule has 1 aromatic carbocycles. The Balaban J connectivity index is 2.15. The summed E-state index contributed by atoms with van der Waals surface area (Å²) in [5, 5.41) is 12.2. The lowest BCUT2D eigenvalue weighted by Crippen LogP contribution is -2.27. The Bertz CT molecular complexity index is 584. The number of hydrogen-bond acceptors (Lipinski definition) is 4. The topological polar surface area (TPSA) is 88.2 Å². The highest BCUT2D eigenvalue weighted by molar-refractivity contribution is 5.99. The first-order valence-corrected chi connectivity index (χ1v) is 5.87. The summed E-state index contributed by atoms with van der Waals surface area (Å²) < 4.78 is 0. The molecule has 5 heteroatoms. The summed E-state index contributed by atoms with van der Waals surface area (Å²) in [4.78, 5) is 16.0. The molecule has 98 valence electrons. The Morgan fingerprint density at radius 1 is 1.32 bits per heavy atom. The van der Waals surface area contributed by atoms with Crippen LogP contribution >= 0.6 is 0 Å². The van der Waals surface area contributed by atoms with E-state index in [0.29, 0.717) is 5.69 Å². The summed E-state index contributed by atoms with van der Waals surface area (Å²) >= 11 is 0. The third-order valence-corrected chi connectivity index (χ3v) is 2.84.